The Morgan fingerprint density at radius 1 is 1.38 bits per heavy atom. The predicted molar refractivity (Wildman–Crippen MR) is 71.8 cm³/mol. The van der Waals surface area contributed by atoms with Gasteiger partial charge < -0.3 is 4.74 Å². The molecule has 3 heteroatoms. The molecule has 0 radical (unpaired) electrons. The Morgan fingerprint density at radius 3 is 2.31 bits per heavy atom. The van der Waals surface area contributed by atoms with Crippen LogP contribution in [0.3, 0.4) is 0 Å². The third-order valence-electron chi connectivity index (χ3n) is 2.70. The molecular formula is C10H23IOSi. The van der Waals surface area contributed by atoms with E-state index >= 15 is 0 Å². The Bertz CT molecular complexity index is 135. The lowest BCUT2D eigenvalue weighted by Gasteiger charge is -2.27. The number of halogens is 1. The lowest BCUT2D eigenvalue weighted by Crippen LogP contribution is -2.26. The molecule has 0 aromatic heterocycles. The van der Waals surface area contributed by atoms with Crippen molar-refractivity contribution in [3.05, 3.63) is 0 Å². The van der Waals surface area contributed by atoms with Crippen LogP contribution in [0, 0.1) is 0 Å². The van der Waals surface area contributed by atoms with Gasteiger partial charge in [0, 0.05) is 25.9 Å². The van der Waals surface area contributed by atoms with Gasteiger partial charge in [-0.15, -0.1) is 0 Å². The van der Waals surface area contributed by atoms with E-state index in [9.17, 15) is 0 Å². The van der Waals surface area contributed by atoms with Crippen LogP contribution >= 0.6 is 22.6 Å². The van der Waals surface area contributed by atoms with Crippen LogP contribution in [-0.4, -0.2) is 25.9 Å². The van der Waals surface area contributed by atoms with E-state index < -0.39 is 8.80 Å². The largest absolute Gasteiger partial charge is 0.381 e. The van der Waals surface area contributed by atoms with Gasteiger partial charge in [-0.2, -0.15) is 0 Å². The van der Waals surface area contributed by atoms with Gasteiger partial charge in [-0.3, -0.25) is 0 Å². The highest BCUT2D eigenvalue weighted by Crippen LogP contribution is 2.28. The number of ether oxygens (including phenoxy) is 1. The summed E-state index contributed by atoms with van der Waals surface area (Å²) in [5.41, 5.74) is 0. The van der Waals surface area contributed by atoms with Crippen LogP contribution < -0.4 is 0 Å². The molecule has 0 aromatic carbocycles. The van der Waals surface area contributed by atoms with Gasteiger partial charge in [0.2, 0.25) is 0 Å². The van der Waals surface area contributed by atoms with E-state index in [1.165, 1.54) is 6.42 Å². The molecule has 0 aliphatic carbocycles. The van der Waals surface area contributed by atoms with Crippen molar-refractivity contribution in [3.8, 4) is 0 Å². The third-order valence-corrected chi connectivity index (χ3v) is 6.61. The summed E-state index contributed by atoms with van der Waals surface area (Å²) in [6.45, 7) is 13.5. The van der Waals surface area contributed by atoms with Crippen molar-refractivity contribution in [2.24, 2.45) is 0 Å². The quantitative estimate of drug-likeness (QED) is 0.316. The van der Waals surface area contributed by atoms with E-state index in [0.717, 1.165) is 17.1 Å². The zero-order valence-electron chi connectivity index (χ0n) is 9.56. The maximum atomic E-state index is 5.70. The monoisotopic (exact) mass is 314 g/mol. The second-order valence-electron chi connectivity index (χ2n) is 4.77. The molecule has 0 amide bonds. The summed E-state index contributed by atoms with van der Waals surface area (Å²) in [5.74, 6) is 0. The number of alkyl halides is 1. The van der Waals surface area contributed by atoms with Crippen molar-refractivity contribution in [3.63, 3.8) is 0 Å². The highest BCUT2D eigenvalue weighted by Gasteiger charge is 2.23. The maximum absolute atomic E-state index is 5.70. The number of rotatable bonds is 6. The summed E-state index contributed by atoms with van der Waals surface area (Å²) in [6, 6.07) is 0. The Hall–Kier alpha value is 0.907. The fourth-order valence-electron chi connectivity index (χ4n) is 0.748. The molecule has 0 bridgehead atoms. The maximum Gasteiger partial charge on any atom is 0.0490 e. The van der Waals surface area contributed by atoms with Gasteiger partial charge in [-0.05, 0) is 11.5 Å². The molecule has 0 aliphatic heterocycles. The summed E-state index contributed by atoms with van der Waals surface area (Å²) in [6.07, 6.45) is 1.18. The van der Waals surface area contributed by atoms with Gasteiger partial charge in [0.25, 0.3) is 0 Å². The molecule has 13 heavy (non-hydrogen) atoms. The van der Waals surface area contributed by atoms with E-state index in [-0.39, 0.29) is 0 Å². The van der Waals surface area contributed by atoms with Crippen LogP contribution in [0.4, 0.5) is 0 Å². The molecule has 1 atom stereocenters. The fourth-order valence-corrected chi connectivity index (χ4v) is 1.45. The van der Waals surface area contributed by atoms with E-state index in [1.54, 1.807) is 0 Å². The molecule has 80 valence electrons. The predicted octanol–water partition coefficient (Wildman–Crippen LogP) is 3.48. The standard InChI is InChI=1S/C10H23IOSi/c1-9(11)6-7-12-8-10(2,3)13(4)5/h9,13H,6-8H2,1-5H3. The van der Waals surface area contributed by atoms with Crippen LogP contribution in [0.2, 0.25) is 18.1 Å². The van der Waals surface area contributed by atoms with E-state index in [1.807, 2.05) is 0 Å². The van der Waals surface area contributed by atoms with Crippen molar-refractivity contribution in [1.82, 2.24) is 0 Å². The minimum absolute atomic E-state index is 0.453. The topological polar surface area (TPSA) is 9.23 Å². The van der Waals surface area contributed by atoms with Crippen molar-refractivity contribution in [2.45, 2.75) is 49.2 Å². The Morgan fingerprint density at radius 2 is 1.92 bits per heavy atom. The summed E-state index contributed by atoms with van der Waals surface area (Å²) < 4.78 is 6.43. The summed E-state index contributed by atoms with van der Waals surface area (Å²) in [4.78, 5) is 0. The number of hydrogen-bond acceptors (Lipinski definition) is 1. The Labute approximate surface area is 98.4 Å². The van der Waals surface area contributed by atoms with Crippen molar-refractivity contribution in [1.29, 1.82) is 0 Å². The molecule has 0 rings (SSSR count). The van der Waals surface area contributed by atoms with Crippen LogP contribution in [-0.2, 0) is 4.74 Å². The van der Waals surface area contributed by atoms with E-state index in [4.69, 9.17) is 4.74 Å². The van der Waals surface area contributed by atoms with E-state index in [2.05, 4.69) is 56.5 Å². The first-order valence-electron chi connectivity index (χ1n) is 5.08. The summed E-state index contributed by atoms with van der Waals surface area (Å²) in [5, 5.41) is 0.453. The van der Waals surface area contributed by atoms with Crippen LogP contribution in [0.5, 0.6) is 0 Å². The average molecular weight is 314 g/mol. The molecule has 1 nitrogen and oxygen atoms in total. The SMILES string of the molecule is CC(I)CCOCC(C)(C)[SiH](C)C. The van der Waals surface area contributed by atoms with Gasteiger partial charge in [-0.1, -0.05) is 56.5 Å². The molecule has 0 aromatic rings. The van der Waals surface area contributed by atoms with Crippen molar-refractivity contribution >= 4 is 31.4 Å². The Balaban J connectivity index is 3.52. The molecule has 0 spiro atoms. The summed E-state index contributed by atoms with van der Waals surface area (Å²) in [7, 11) is -0.574. The average Bonchev–Trinajstić information content (AvgIpc) is 1.97. The third kappa shape index (κ3) is 6.91. The minimum atomic E-state index is -0.574. The lowest BCUT2D eigenvalue weighted by molar-refractivity contribution is 0.112. The molecule has 0 N–H and O–H groups in total. The molecule has 0 fully saturated rings. The highest BCUT2D eigenvalue weighted by molar-refractivity contribution is 14.1. The number of hydrogen-bond donors (Lipinski definition) is 0. The molecule has 0 heterocycles. The van der Waals surface area contributed by atoms with Gasteiger partial charge in [0.05, 0.1) is 0 Å². The second kappa shape index (κ2) is 6.40. The summed E-state index contributed by atoms with van der Waals surface area (Å²) >= 11 is 2.45. The molecular weight excluding hydrogens is 291 g/mol. The molecule has 0 saturated carbocycles. The normalized spacial score (nSPS) is 15.0. The van der Waals surface area contributed by atoms with Crippen LogP contribution in [0.25, 0.3) is 0 Å². The lowest BCUT2D eigenvalue weighted by atomic mass is 10.2. The first-order valence-corrected chi connectivity index (χ1v) is 9.21. The van der Waals surface area contributed by atoms with Crippen molar-refractivity contribution in [2.75, 3.05) is 13.2 Å². The van der Waals surface area contributed by atoms with Gasteiger partial charge >= 0.3 is 0 Å². The van der Waals surface area contributed by atoms with Gasteiger partial charge in [0.15, 0.2) is 0 Å². The molecule has 0 saturated heterocycles. The van der Waals surface area contributed by atoms with Gasteiger partial charge in [0.1, 0.15) is 0 Å². The van der Waals surface area contributed by atoms with Gasteiger partial charge in [-0.25, -0.2) is 0 Å². The van der Waals surface area contributed by atoms with E-state index in [0.29, 0.717) is 5.04 Å². The fraction of sp³-hybridized carbons (Fsp3) is 1.00. The zero-order valence-corrected chi connectivity index (χ0v) is 12.9. The molecule has 1 unspecified atom stereocenters. The zero-order chi connectivity index (χ0) is 10.5. The first kappa shape index (κ1) is 13.9. The van der Waals surface area contributed by atoms with Crippen LogP contribution in [0.15, 0.2) is 0 Å². The highest BCUT2D eigenvalue weighted by atomic mass is 127. The van der Waals surface area contributed by atoms with Crippen LogP contribution in [0.1, 0.15) is 27.2 Å². The smallest absolute Gasteiger partial charge is 0.0490 e. The first-order chi connectivity index (χ1) is 5.86. The second-order valence-corrected chi connectivity index (χ2v) is 10.8. The Kier molecular flexibility index (Phi) is 6.85. The minimum Gasteiger partial charge on any atom is -0.381 e. The molecule has 0 aliphatic rings. The van der Waals surface area contributed by atoms with Crippen molar-refractivity contribution < 1.29 is 4.74 Å².